The number of thiocarbonyl (C=S) groups is 1. The van der Waals surface area contributed by atoms with Crippen molar-refractivity contribution in [2.75, 3.05) is 5.32 Å². The second-order valence-corrected chi connectivity index (χ2v) is 6.35. The largest absolute Gasteiger partial charge is 0.423 e. The number of nitrogens with one attached hydrogen (secondary N) is 2. The molecule has 0 radical (unpaired) electrons. The lowest BCUT2D eigenvalue weighted by Gasteiger charge is -2.11. The third-order valence-corrected chi connectivity index (χ3v) is 4.34. The van der Waals surface area contributed by atoms with Gasteiger partial charge in [-0.25, -0.2) is 4.79 Å². The van der Waals surface area contributed by atoms with Crippen LogP contribution in [0.3, 0.4) is 0 Å². The first kappa shape index (κ1) is 16.9. The summed E-state index contributed by atoms with van der Waals surface area (Å²) in [4.78, 5) is 23.9. The Kier molecular flexibility index (Phi) is 4.40. The molecule has 5 nitrogen and oxygen atoms in total. The van der Waals surface area contributed by atoms with Gasteiger partial charge in [-0.05, 0) is 53.3 Å². The number of rotatable bonds is 2. The molecule has 0 aliphatic carbocycles. The van der Waals surface area contributed by atoms with Gasteiger partial charge in [0.25, 0.3) is 5.91 Å². The van der Waals surface area contributed by atoms with Gasteiger partial charge in [0.05, 0.1) is 0 Å². The molecular weight excluding hydrogens is 360 g/mol. The van der Waals surface area contributed by atoms with Crippen LogP contribution in [-0.2, 0) is 0 Å². The van der Waals surface area contributed by atoms with Crippen LogP contribution >= 0.6 is 12.2 Å². The summed E-state index contributed by atoms with van der Waals surface area (Å²) in [5.41, 5.74) is 1.32. The molecule has 0 atom stereocenters. The van der Waals surface area contributed by atoms with Crippen LogP contribution in [0.25, 0.3) is 21.7 Å². The third kappa shape index (κ3) is 3.56. The summed E-state index contributed by atoms with van der Waals surface area (Å²) >= 11 is 5.26. The number of hydrogen-bond donors (Lipinski definition) is 2. The van der Waals surface area contributed by atoms with Crippen LogP contribution in [-0.4, -0.2) is 11.0 Å². The maximum absolute atomic E-state index is 12.6. The lowest BCUT2D eigenvalue weighted by atomic mass is 10.0. The summed E-state index contributed by atoms with van der Waals surface area (Å²) < 4.78 is 5.10. The van der Waals surface area contributed by atoms with Crippen LogP contribution < -0.4 is 16.3 Å². The van der Waals surface area contributed by atoms with E-state index in [0.717, 1.165) is 16.2 Å². The Hall–Kier alpha value is -3.51. The van der Waals surface area contributed by atoms with E-state index in [1.807, 2.05) is 36.4 Å². The summed E-state index contributed by atoms with van der Waals surface area (Å²) in [6.45, 7) is 0. The van der Waals surface area contributed by atoms with Crippen LogP contribution in [0.5, 0.6) is 0 Å². The van der Waals surface area contributed by atoms with E-state index in [-0.39, 0.29) is 11.0 Å². The number of fused-ring (bicyclic) bond motifs is 2. The molecule has 0 saturated heterocycles. The molecule has 132 valence electrons. The molecule has 0 saturated carbocycles. The van der Waals surface area contributed by atoms with Crippen molar-refractivity contribution in [2.24, 2.45) is 0 Å². The molecule has 1 amide bonds. The Labute approximate surface area is 159 Å². The molecule has 3 aromatic carbocycles. The van der Waals surface area contributed by atoms with E-state index in [4.69, 9.17) is 16.6 Å². The highest BCUT2D eigenvalue weighted by Gasteiger charge is 2.11. The molecule has 6 heteroatoms. The molecule has 2 N–H and O–H groups in total. The van der Waals surface area contributed by atoms with Crippen LogP contribution in [0.1, 0.15) is 10.4 Å². The number of hydrogen-bond acceptors (Lipinski definition) is 4. The molecule has 1 aromatic heterocycles. The van der Waals surface area contributed by atoms with Gasteiger partial charge in [-0.1, -0.05) is 36.4 Å². The molecule has 0 aliphatic rings. The first-order valence-electron chi connectivity index (χ1n) is 8.24. The fraction of sp³-hybridized carbons (Fsp3) is 0. The average Bonchev–Trinajstić information content (AvgIpc) is 2.67. The fourth-order valence-corrected chi connectivity index (χ4v) is 3.12. The number of carbonyl (C=O) groups excluding carboxylic acids is 1. The highest BCUT2D eigenvalue weighted by molar-refractivity contribution is 7.80. The molecule has 0 unspecified atom stereocenters. The lowest BCUT2D eigenvalue weighted by molar-refractivity contribution is 0.0979. The van der Waals surface area contributed by atoms with Crippen molar-refractivity contribution in [3.8, 4) is 0 Å². The van der Waals surface area contributed by atoms with Crippen molar-refractivity contribution in [3.05, 3.63) is 88.8 Å². The molecule has 0 bridgehead atoms. The van der Waals surface area contributed by atoms with Crippen molar-refractivity contribution in [1.29, 1.82) is 0 Å². The monoisotopic (exact) mass is 374 g/mol. The van der Waals surface area contributed by atoms with E-state index in [1.54, 1.807) is 30.3 Å². The molecule has 1 heterocycles. The highest BCUT2D eigenvalue weighted by atomic mass is 32.1. The van der Waals surface area contributed by atoms with Crippen LogP contribution in [0.4, 0.5) is 5.69 Å². The number of carbonyl (C=O) groups is 1. The van der Waals surface area contributed by atoms with Gasteiger partial charge in [0.15, 0.2) is 5.11 Å². The predicted molar refractivity (Wildman–Crippen MR) is 110 cm³/mol. The number of anilines is 1. The Morgan fingerprint density at radius 3 is 2.59 bits per heavy atom. The Bertz CT molecular complexity index is 1240. The Morgan fingerprint density at radius 2 is 1.70 bits per heavy atom. The maximum Gasteiger partial charge on any atom is 0.336 e. The standard InChI is InChI=1S/C21H14N2O3S/c24-19-11-8-14-12-15(9-10-18(14)26-19)22-21(27)23-20(25)17-7-3-5-13-4-1-2-6-16(13)17/h1-12H,(H2,22,23,25,27). The van der Waals surface area contributed by atoms with Gasteiger partial charge in [-0.15, -0.1) is 0 Å². The van der Waals surface area contributed by atoms with Gasteiger partial charge in [-0.3, -0.25) is 10.1 Å². The summed E-state index contributed by atoms with van der Waals surface area (Å²) in [5.74, 6) is -0.281. The SMILES string of the molecule is O=C(NC(=S)Nc1ccc2oc(=O)ccc2c1)c1cccc2ccccc12. The van der Waals surface area contributed by atoms with Crippen LogP contribution in [0, 0.1) is 0 Å². The van der Waals surface area contributed by atoms with Crippen LogP contribution in [0.2, 0.25) is 0 Å². The number of amides is 1. The first-order valence-corrected chi connectivity index (χ1v) is 8.65. The summed E-state index contributed by atoms with van der Waals surface area (Å²) in [6, 6.07) is 21.4. The molecule has 0 fully saturated rings. The van der Waals surface area contributed by atoms with E-state index >= 15 is 0 Å². The summed E-state index contributed by atoms with van der Waals surface area (Å²) in [7, 11) is 0. The van der Waals surface area contributed by atoms with Crippen LogP contribution in [0.15, 0.2) is 82.0 Å². The second kappa shape index (κ2) is 7.01. The lowest BCUT2D eigenvalue weighted by Crippen LogP contribution is -2.34. The molecule has 4 rings (SSSR count). The Morgan fingerprint density at radius 1 is 0.889 bits per heavy atom. The predicted octanol–water partition coefficient (Wildman–Crippen LogP) is 4.07. The minimum absolute atomic E-state index is 0.185. The zero-order valence-electron chi connectivity index (χ0n) is 14.1. The third-order valence-electron chi connectivity index (χ3n) is 4.14. The fourth-order valence-electron chi connectivity index (χ4n) is 2.91. The smallest absolute Gasteiger partial charge is 0.336 e. The summed E-state index contributed by atoms with van der Waals surface area (Å²) in [6.07, 6.45) is 0. The van der Waals surface area contributed by atoms with Crippen molar-refractivity contribution in [2.45, 2.75) is 0 Å². The zero-order chi connectivity index (χ0) is 18.8. The van der Waals surface area contributed by atoms with Gasteiger partial charge >= 0.3 is 5.63 Å². The molecule has 4 aromatic rings. The first-order chi connectivity index (χ1) is 13.1. The van der Waals surface area contributed by atoms with E-state index in [1.165, 1.54) is 6.07 Å². The van der Waals surface area contributed by atoms with E-state index < -0.39 is 5.63 Å². The van der Waals surface area contributed by atoms with Gasteiger partial charge in [0, 0.05) is 22.7 Å². The maximum atomic E-state index is 12.6. The molecular formula is C21H14N2O3S. The van der Waals surface area contributed by atoms with Gasteiger partial charge in [0.1, 0.15) is 5.58 Å². The van der Waals surface area contributed by atoms with E-state index in [0.29, 0.717) is 16.8 Å². The van der Waals surface area contributed by atoms with Gasteiger partial charge in [0.2, 0.25) is 0 Å². The molecule has 0 aliphatic heterocycles. The van der Waals surface area contributed by atoms with Crippen molar-refractivity contribution < 1.29 is 9.21 Å². The van der Waals surface area contributed by atoms with E-state index in [9.17, 15) is 9.59 Å². The van der Waals surface area contributed by atoms with Crippen molar-refractivity contribution in [3.63, 3.8) is 0 Å². The zero-order valence-corrected chi connectivity index (χ0v) is 14.9. The highest BCUT2D eigenvalue weighted by Crippen LogP contribution is 2.19. The number of benzene rings is 3. The quantitative estimate of drug-likeness (QED) is 0.409. The van der Waals surface area contributed by atoms with Crippen molar-refractivity contribution in [1.82, 2.24) is 5.32 Å². The topological polar surface area (TPSA) is 71.3 Å². The molecule has 27 heavy (non-hydrogen) atoms. The normalized spacial score (nSPS) is 10.7. The average molecular weight is 374 g/mol. The Balaban J connectivity index is 1.53. The molecule has 0 spiro atoms. The van der Waals surface area contributed by atoms with E-state index in [2.05, 4.69) is 10.6 Å². The van der Waals surface area contributed by atoms with Gasteiger partial charge < -0.3 is 9.73 Å². The van der Waals surface area contributed by atoms with Gasteiger partial charge in [-0.2, -0.15) is 0 Å². The van der Waals surface area contributed by atoms with Crippen molar-refractivity contribution >= 4 is 50.7 Å². The minimum atomic E-state index is -0.402. The second-order valence-electron chi connectivity index (χ2n) is 5.94. The summed E-state index contributed by atoms with van der Waals surface area (Å²) in [5, 5.41) is 8.46. The minimum Gasteiger partial charge on any atom is -0.423 e.